The largest absolute Gasteiger partial charge is 0.503 e. The summed E-state index contributed by atoms with van der Waals surface area (Å²) >= 11 is 0. The molecule has 0 saturated heterocycles. The maximum absolute atomic E-state index is 13.6. The second-order valence-corrected chi connectivity index (χ2v) is 10.7. The highest BCUT2D eigenvalue weighted by Crippen LogP contribution is 2.41. The van der Waals surface area contributed by atoms with Gasteiger partial charge in [-0.15, -0.1) is 0 Å². The van der Waals surface area contributed by atoms with E-state index in [1.165, 1.54) is 4.90 Å². The van der Waals surface area contributed by atoms with Crippen LogP contribution in [-0.4, -0.2) is 26.8 Å². The van der Waals surface area contributed by atoms with Crippen molar-refractivity contribution in [2.75, 3.05) is 4.90 Å². The van der Waals surface area contributed by atoms with Gasteiger partial charge in [0.25, 0.3) is 5.91 Å². The average Bonchev–Trinajstić information content (AvgIpc) is 3.40. The van der Waals surface area contributed by atoms with Crippen molar-refractivity contribution in [3.63, 3.8) is 0 Å². The molecule has 1 unspecified atom stereocenters. The molecular formula is C31H31N3O3. The normalized spacial score (nSPS) is 16.2. The van der Waals surface area contributed by atoms with Crippen molar-refractivity contribution in [3.8, 4) is 0 Å². The Labute approximate surface area is 216 Å². The fourth-order valence-corrected chi connectivity index (χ4v) is 4.85. The van der Waals surface area contributed by atoms with E-state index >= 15 is 0 Å². The number of aromatic nitrogens is 2. The van der Waals surface area contributed by atoms with Crippen LogP contribution in [0.4, 0.5) is 5.95 Å². The number of ketones is 1. The van der Waals surface area contributed by atoms with Gasteiger partial charge < -0.3 is 10.1 Å². The van der Waals surface area contributed by atoms with Crippen molar-refractivity contribution in [1.82, 2.24) is 9.97 Å². The Balaban J connectivity index is 1.56. The lowest BCUT2D eigenvalue weighted by molar-refractivity contribution is -0.118. The van der Waals surface area contributed by atoms with Gasteiger partial charge in [0.05, 0.1) is 22.6 Å². The molecule has 0 bridgehead atoms. The number of carbonyl (C=O) groups excluding carboxylic acids is 2. The standard InChI is InChI=1S/C31H31N3O3/c1-19-10-16-23-24(18-19)33-30(32-23)34-27(21-12-14-22(15-13-21)31(2,3)4)26(28(36)29(34)37)25(35)17-11-20-8-6-5-7-9-20/h5-10,12-16,18,27,36H,11,17H2,1-4H3,(H,32,33). The number of H-pyrrole nitrogens is 1. The number of fused-ring (bicyclic) bond motifs is 1. The summed E-state index contributed by atoms with van der Waals surface area (Å²) in [6.45, 7) is 8.38. The lowest BCUT2D eigenvalue weighted by atomic mass is 9.85. The van der Waals surface area contributed by atoms with Gasteiger partial charge in [0.15, 0.2) is 11.5 Å². The summed E-state index contributed by atoms with van der Waals surface area (Å²) in [4.78, 5) is 36.3. The third kappa shape index (κ3) is 4.67. The van der Waals surface area contributed by atoms with E-state index in [0.29, 0.717) is 17.9 Å². The number of Topliss-reactive ketones (excluding diaryl/α,β-unsaturated/α-hetero) is 1. The highest BCUT2D eigenvalue weighted by Gasteiger charge is 2.45. The number of nitrogens with zero attached hydrogens (tertiary/aromatic N) is 2. The number of aliphatic hydroxyl groups excluding tert-OH is 1. The molecule has 37 heavy (non-hydrogen) atoms. The molecule has 2 heterocycles. The summed E-state index contributed by atoms with van der Waals surface area (Å²) in [5.74, 6) is -1.11. The highest BCUT2D eigenvalue weighted by atomic mass is 16.3. The second-order valence-electron chi connectivity index (χ2n) is 10.7. The number of carbonyl (C=O) groups is 2. The molecule has 0 aliphatic carbocycles. The van der Waals surface area contributed by atoms with Gasteiger partial charge in [-0.25, -0.2) is 4.98 Å². The zero-order chi connectivity index (χ0) is 26.3. The van der Waals surface area contributed by atoms with E-state index in [1.807, 2.05) is 79.7 Å². The maximum atomic E-state index is 13.6. The van der Waals surface area contributed by atoms with E-state index in [2.05, 4.69) is 30.7 Å². The molecule has 1 atom stereocenters. The SMILES string of the molecule is Cc1ccc2nc(N3C(=O)C(O)=C(C(=O)CCc4ccccc4)C3c3ccc(C(C)(C)C)cc3)[nH]c2c1. The van der Waals surface area contributed by atoms with Crippen LogP contribution in [0, 0.1) is 6.92 Å². The van der Waals surface area contributed by atoms with Gasteiger partial charge in [-0.05, 0) is 53.1 Å². The minimum absolute atomic E-state index is 0.0490. The number of imidazole rings is 1. The summed E-state index contributed by atoms with van der Waals surface area (Å²) < 4.78 is 0. The smallest absolute Gasteiger partial charge is 0.296 e. The van der Waals surface area contributed by atoms with Crippen molar-refractivity contribution in [2.45, 2.75) is 52.0 Å². The van der Waals surface area contributed by atoms with Crippen molar-refractivity contribution in [1.29, 1.82) is 0 Å². The Morgan fingerprint density at radius 2 is 1.73 bits per heavy atom. The number of rotatable bonds is 6. The molecule has 6 heteroatoms. The van der Waals surface area contributed by atoms with Gasteiger partial charge in [0.2, 0.25) is 5.95 Å². The van der Waals surface area contributed by atoms with Crippen LogP contribution < -0.4 is 4.90 Å². The van der Waals surface area contributed by atoms with Crippen LogP contribution in [0.5, 0.6) is 0 Å². The Morgan fingerprint density at radius 1 is 1.03 bits per heavy atom. The van der Waals surface area contributed by atoms with E-state index in [1.54, 1.807) is 0 Å². The first-order chi connectivity index (χ1) is 17.6. The molecule has 6 nitrogen and oxygen atoms in total. The van der Waals surface area contributed by atoms with E-state index in [-0.39, 0.29) is 23.2 Å². The second kappa shape index (κ2) is 9.36. The lowest BCUT2D eigenvalue weighted by Gasteiger charge is -2.26. The number of aromatic amines is 1. The van der Waals surface area contributed by atoms with Crippen molar-refractivity contribution in [3.05, 3.63) is 106 Å². The third-order valence-corrected chi connectivity index (χ3v) is 6.94. The molecule has 1 amide bonds. The predicted molar refractivity (Wildman–Crippen MR) is 146 cm³/mol. The number of anilines is 1. The van der Waals surface area contributed by atoms with Crippen LogP contribution in [0.2, 0.25) is 0 Å². The lowest BCUT2D eigenvalue weighted by Crippen LogP contribution is -2.32. The molecule has 3 aromatic carbocycles. The van der Waals surface area contributed by atoms with Gasteiger partial charge in [0.1, 0.15) is 0 Å². The van der Waals surface area contributed by atoms with Crippen molar-refractivity contribution >= 4 is 28.7 Å². The van der Waals surface area contributed by atoms with Crippen LogP contribution in [-0.2, 0) is 21.4 Å². The van der Waals surface area contributed by atoms with E-state index in [0.717, 1.165) is 27.8 Å². The first-order valence-corrected chi connectivity index (χ1v) is 12.5. The summed E-state index contributed by atoms with van der Waals surface area (Å²) in [7, 11) is 0. The van der Waals surface area contributed by atoms with Gasteiger partial charge in [-0.3, -0.25) is 14.5 Å². The zero-order valence-electron chi connectivity index (χ0n) is 21.6. The first-order valence-electron chi connectivity index (χ1n) is 12.5. The highest BCUT2D eigenvalue weighted by molar-refractivity contribution is 6.16. The van der Waals surface area contributed by atoms with Gasteiger partial charge in [-0.2, -0.15) is 0 Å². The third-order valence-electron chi connectivity index (χ3n) is 6.94. The minimum atomic E-state index is -0.786. The summed E-state index contributed by atoms with van der Waals surface area (Å²) in [6, 6.07) is 22.6. The Bertz CT molecular complexity index is 1510. The molecule has 188 valence electrons. The molecule has 1 aromatic heterocycles. The van der Waals surface area contributed by atoms with Gasteiger partial charge >= 0.3 is 0 Å². The van der Waals surface area contributed by atoms with Crippen LogP contribution in [0.15, 0.2) is 84.1 Å². The average molecular weight is 494 g/mol. The molecular weight excluding hydrogens is 462 g/mol. The van der Waals surface area contributed by atoms with Crippen molar-refractivity contribution < 1.29 is 14.7 Å². The minimum Gasteiger partial charge on any atom is -0.503 e. The molecule has 1 aliphatic heterocycles. The number of hydrogen-bond donors (Lipinski definition) is 2. The number of amides is 1. The van der Waals surface area contributed by atoms with Crippen LogP contribution in [0.1, 0.15) is 55.5 Å². The Hall–Kier alpha value is -4.19. The predicted octanol–water partition coefficient (Wildman–Crippen LogP) is 6.27. The number of benzene rings is 3. The van der Waals surface area contributed by atoms with Crippen molar-refractivity contribution in [2.24, 2.45) is 0 Å². The summed E-state index contributed by atoms with van der Waals surface area (Å²) in [5.41, 5.74) is 5.51. The Kier molecular flexibility index (Phi) is 6.20. The topological polar surface area (TPSA) is 86.3 Å². The fraction of sp³-hybridized carbons (Fsp3) is 0.258. The fourth-order valence-electron chi connectivity index (χ4n) is 4.85. The van der Waals surface area contributed by atoms with Crippen LogP contribution in [0.3, 0.4) is 0 Å². The van der Waals surface area contributed by atoms with E-state index in [4.69, 9.17) is 0 Å². The van der Waals surface area contributed by atoms with Gasteiger partial charge in [-0.1, -0.05) is 81.4 Å². The molecule has 0 saturated carbocycles. The molecule has 0 spiro atoms. The number of aliphatic hydroxyl groups is 1. The first kappa shape index (κ1) is 24.5. The molecule has 0 radical (unpaired) electrons. The number of nitrogens with one attached hydrogen (secondary N) is 1. The van der Waals surface area contributed by atoms with Gasteiger partial charge in [0, 0.05) is 6.42 Å². The number of hydrogen-bond acceptors (Lipinski definition) is 4. The molecule has 2 N–H and O–H groups in total. The maximum Gasteiger partial charge on any atom is 0.296 e. The molecule has 0 fully saturated rings. The molecule has 4 aromatic rings. The van der Waals surface area contributed by atoms with Crippen LogP contribution >= 0.6 is 0 Å². The number of aryl methyl sites for hydroxylation is 2. The van der Waals surface area contributed by atoms with Crippen LogP contribution in [0.25, 0.3) is 11.0 Å². The monoisotopic (exact) mass is 493 g/mol. The summed E-state index contributed by atoms with van der Waals surface area (Å²) in [5, 5.41) is 11.0. The summed E-state index contributed by atoms with van der Waals surface area (Å²) in [6.07, 6.45) is 0.699. The Morgan fingerprint density at radius 3 is 2.41 bits per heavy atom. The quantitative estimate of drug-likeness (QED) is 0.331. The molecule has 1 aliphatic rings. The zero-order valence-corrected chi connectivity index (χ0v) is 21.6. The van der Waals surface area contributed by atoms with E-state index < -0.39 is 17.7 Å². The van der Waals surface area contributed by atoms with E-state index in [9.17, 15) is 14.7 Å². The molecule has 5 rings (SSSR count).